The van der Waals surface area contributed by atoms with E-state index in [0.29, 0.717) is 50.6 Å². The number of piperidine rings is 1. The fourth-order valence-corrected chi connectivity index (χ4v) is 3.16. The van der Waals surface area contributed by atoms with Crippen LogP contribution in [0.15, 0.2) is 24.3 Å². The van der Waals surface area contributed by atoms with Crippen LogP contribution in [0.3, 0.4) is 0 Å². The van der Waals surface area contributed by atoms with E-state index in [1.54, 1.807) is 36.0 Å². The Morgan fingerprint density at radius 3 is 2.33 bits per heavy atom. The molecule has 1 heterocycles. The van der Waals surface area contributed by atoms with Crippen LogP contribution in [0.2, 0.25) is 0 Å². The second kappa shape index (κ2) is 10.00. The summed E-state index contributed by atoms with van der Waals surface area (Å²) in [5.41, 5.74) is 0.882. The summed E-state index contributed by atoms with van der Waals surface area (Å²) >= 11 is 0. The smallest absolute Gasteiger partial charge is 0.246 e. The maximum absolute atomic E-state index is 12.4. The average molecular weight is 374 g/mol. The Balaban J connectivity index is 1.97. The van der Waals surface area contributed by atoms with Gasteiger partial charge in [0.1, 0.15) is 0 Å². The van der Waals surface area contributed by atoms with Crippen molar-refractivity contribution in [1.29, 1.82) is 0 Å². The van der Waals surface area contributed by atoms with Gasteiger partial charge in [0.25, 0.3) is 0 Å². The molecule has 1 aromatic rings. The van der Waals surface area contributed by atoms with Gasteiger partial charge >= 0.3 is 0 Å². The van der Waals surface area contributed by atoms with Crippen molar-refractivity contribution in [3.8, 4) is 11.5 Å². The third kappa shape index (κ3) is 5.74. The Morgan fingerprint density at radius 1 is 1.11 bits per heavy atom. The number of ether oxygens (including phenoxy) is 2. The molecule has 2 rings (SSSR count). The summed E-state index contributed by atoms with van der Waals surface area (Å²) in [7, 11) is 3.55. The highest BCUT2D eigenvalue weighted by Gasteiger charge is 2.27. The zero-order chi connectivity index (χ0) is 19.8. The standard InChI is InChI=1S/C21H30N2O4/c1-5-26-18-9-7-16(15-19(18)27-6-2)8-10-20(24)23-13-11-17(12-14-23)21(25)22(3)4/h7-10,15,17H,5-6,11-14H2,1-4H3. The molecule has 0 bridgehead atoms. The van der Waals surface area contributed by atoms with E-state index in [0.717, 1.165) is 5.56 Å². The second-order valence-corrected chi connectivity index (χ2v) is 6.74. The lowest BCUT2D eigenvalue weighted by atomic mass is 9.95. The fourth-order valence-electron chi connectivity index (χ4n) is 3.16. The fraction of sp³-hybridized carbons (Fsp3) is 0.524. The van der Waals surface area contributed by atoms with E-state index < -0.39 is 0 Å². The largest absolute Gasteiger partial charge is 0.490 e. The number of carbonyl (C=O) groups excluding carboxylic acids is 2. The molecule has 1 fully saturated rings. The molecule has 0 atom stereocenters. The third-order valence-corrected chi connectivity index (χ3v) is 4.58. The van der Waals surface area contributed by atoms with Crippen LogP contribution in [0.5, 0.6) is 11.5 Å². The maximum Gasteiger partial charge on any atom is 0.246 e. The van der Waals surface area contributed by atoms with Crippen LogP contribution in [-0.2, 0) is 9.59 Å². The van der Waals surface area contributed by atoms with Crippen molar-refractivity contribution in [2.24, 2.45) is 5.92 Å². The number of amides is 2. The summed E-state index contributed by atoms with van der Waals surface area (Å²) in [6.07, 6.45) is 4.80. The van der Waals surface area contributed by atoms with Crippen molar-refractivity contribution in [2.45, 2.75) is 26.7 Å². The van der Waals surface area contributed by atoms with Gasteiger partial charge in [-0.05, 0) is 50.5 Å². The topological polar surface area (TPSA) is 59.1 Å². The quantitative estimate of drug-likeness (QED) is 0.689. The van der Waals surface area contributed by atoms with E-state index in [4.69, 9.17) is 9.47 Å². The lowest BCUT2D eigenvalue weighted by Gasteiger charge is -2.31. The molecule has 2 amide bonds. The number of carbonyl (C=O) groups is 2. The van der Waals surface area contributed by atoms with Gasteiger partial charge in [0.05, 0.1) is 13.2 Å². The van der Waals surface area contributed by atoms with E-state index in [1.807, 2.05) is 32.0 Å². The van der Waals surface area contributed by atoms with Crippen molar-refractivity contribution in [3.05, 3.63) is 29.8 Å². The second-order valence-electron chi connectivity index (χ2n) is 6.74. The van der Waals surface area contributed by atoms with Crippen molar-refractivity contribution < 1.29 is 19.1 Å². The van der Waals surface area contributed by atoms with Gasteiger partial charge in [0.2, 0.25) is 11.8 Å². The zero-order valence-electron chi connectivity index (χ0n) is 16.7. The van der Waals surface area contributed by atoms with Gasteiger partial charge in [0.15, 0.2) is 11.5 Å². The molecule has 0 unspecified atom stereocenters. The Hall–Kier alpha value is -2.50. The average Bonchev–Trinajstić information content (AvgIpc) is 2.67. The van der Waals surface area contributed by atoms with Crippen LogP contribution in [-0.4, -0.2) is 62.0 Å². The molecule has 0 aromatic heterocycles. The highest BCUT2D eigenvalue weighted by Crippen LogP contribution is 2.29. The maximum atomic E-state index is 12.4. The minimum absolute atomic E-state index is 0.0212. The summed E-state index contributed by atoms with van der Waals surface area (Å²) in [5.74, 6) is 1.52. The first-order chi connectivity index (χ1) is 13.0. The molecule has 27 heavy (non-hydrogen) atoms. The summed E-state index contributed by atoms with van der Waals surface area (Å²) in [4.78, 5) is 27.9. The number of hydrogen-bond acceptors (Lipinski definition) is 4. The monoisotopic (exact) mass is 374 g/mol. The highest BCUT2D eigenvalue weighted by molar-refractivity contribution is 5.92. The van der Waals surface area contributed by atoms with Gasteiger partial charge in [-0.25, -0.2) is 0 Å². The lowest BCUT2D eigenvalue weighted by Crippen LogP contribution is -2.42. The molecule has 1 aliphatic heterocycles. The van der Waals surface area contributed by atoms with E-state index >= 15 is 0 Å². The number of benzene rings is 1. The SMILES string of the molecule is CCOc1ccc(C=CC(=O)N2CCC(C(=O)N(C)C)CC2)cc1OCC. The van der Waals surface area contributed by atoms with Gasteiger partial charge in [-0.15, -0.1) is 0 Å². The number of hydrogen-bond donors (Lipinski definition) is 0. The molecule has 1 aromatic carbocycles. The first-order valence-corrected chi connectivity index (χ1v) is 9.54. The van der Waals surface area contributed by atoms with E-state index in [2.05, 4.69) is 0 Å². The Labute approximate surface area is 161 Å². The normalized spacial score (nSPS) is 15.0. The molecule has 0 spiro atoms. The molecule has 0 aliphatic carbocycles. The molecule has 6 nitrogen and oxygen atoms in total. The summed E-state index contributed by atoms with van der Waals surface area (Å²) in [6.45, 7) is 6.19. The van der Waals surface area contributed by atoms with Crippen molar-refractivity contribution in [1.82, 2.24) is 9.80 Å². The van der Waals surface area contributed by atoms with Crippen molar-refractivity contribution in [3.63, 3.8) is 0 Å². The zero-order valence-corrected chi connectivity index (χ0v) is 16.7. The van der Waals surface area contributed by atoms with Crippen LogP contribution in [0, 0.1) is 5.92 Å². The first kappa shape index (κ1) is 20.8. The predicted octanol–water partition coefficient (Wildman–Crippen LogP) is 2.82. The number of nitrogens with zero attached hydrogens (tertiary/aromatic N) is 2. The first-order valence-electron chi connectivity index (χ1n) is 9.54. The minimum Gasteiger partial charge on any atom is -0.490 e. The molecule has 6 heteroatoms. The Kier molecular flexibility index (Phi) is 7.70. The summed E-state index contributed by atoms with van der Waals surface area (Å²) in [5, 5.41) is 0. The van der Waals surface area contributed by atoms with E-state index in [9.17, 15) is 9.59 Å². The predicted molar refractivity (Wildman–Crippen MR) is 106 cm³/mol. The van der Waals surface area contributed by atoms with Crippen LogP contribution in [0.25, 0.3) is 6.08 Å². The molecule has 1 aliphatic rings. The van der Waals surface area contributed by atoms with Crippen LogP contribution in [0.4, 0.5) is 0 Å². The van der Waals surface area contributed by atoms with Gasteiger partial charge in [0, 0.05) is 39.2 Å². The number of rotatable bonds is 7. The van der Waals surface area contributed by atoms with Gasteiger partial charge in [-0.1, -0.05) is 6.07 Å². The van der Waals surface area contributed by atoms with E-state index in [-0.39, 0.29) is 17.7 Å². The van der Waals surface area contributed by atoms with E-state index in [1.165, 1.54) is 0 Å². The summed E-state index contributed by atoms with van der Waals surface area (Å²) in [6, 6.07) is 5.64. The molecule has 0 radical (unpaired) electrons. The molecule has 1 saturated heterocycles. The van der Waals surface area contributed by atoms with Crippen LogP contribution < -0.4 is 9.47 Å². The molecular formula is C21H30N2O4. The van der Waals surface area contributed by atoms with Crippen molar-refractivity contribution >= 4 is 17.9 Å². The Bertz CT molecular complexity index is 677. The van der Waals surface area contributed by atoms with Crippen LogP contribution >= 0.6 is 0 Å². The third-order valence-electron chi connectivity index (χ3n) is 4.58. The molecule has 0 saturated carbocycles. The summed E-state index contributed by atoms with van der Waals surface area (Å²) < 4.78 is 11.2. The van der Waals surface area contributed by atoms with Crippen molar-refractivity contribution in [2.75, 3.05) is 40.4 Å². The highest BCUT2D eigenvalue weighted by atomic mass is 16.5. The van der Waals surface area contributed by atoms with Gasteiger partial charge < -0.3 is 19.3 Å². The molecule has 0 N–H and O–H groups in total. The lowest BCUT2D eigenvalue weighted by molar-refractivity contribution is -0.137. The van der Waals surface area contributed by atoms with Crippen LogP contribution in [0.1, 0.15) is 32.3 Å². The Morgan fingerprint density at radius 2 is 1.74 bits per heavy atom. The molecule has 148 valence electrons. The van der Waals surface area contributed by atoms with Gasteiger partial charge in [-0.2, -0.15) is 0 Å². The molecular weight excluding hydrogens is 344 g/mol. The van der Waals surface area contributed by atoms with Gasteiger partial charge in [-0.3, -0.25) is 9.59 Å². The number of likely N-dealkylation sites (tertiary alicyclic amines) is 1. The minimum atomic E-state index is -0.0300.